The van der Waals surface area contributed by atoms with Crippen molar-refractivity contribution < 1.29 is 9.31 Å². The molecule has 2 aromatic heterocycles. The van der Waals surface area contributed by atoms with E-state index in [9.17, 15) is 0 Å². The smallest absolute Gasteiger partial charge is 0.527 e. The quantitative estimate of drug-likeness (QED) is 0.748. The fraction of sp³-hybridized carbons (Fsp3) is 0.167. The molecule has 0 amide bonds. The summed E-state index contributed by atoms with van der Waals surface area (Å²) < 4.78 is 10.8. The number of hydrogen-bond acceptors (Lipinski definition) is 4. The van der Waals surface area contributed by atoms with Gasteiger partial charge in [0.25, 0.3) is 0 Å². The van der Waals surface area contributed by atoms with Gasteiger partial charge in [0.05, 0.1) is 12.4 Å². The highest BCUT2D eigenvalue weighted by Gasteiger charge is 1.99. The molecule has 17 heavy (non-hydrogen) atoms. The van der Waals surface area contributed by atoms with E-state index >= 15 is 0 Å². The summed E-state index contributed by atoms with van der Waals surface area (Å²) in [6.07, 6.45) is 3.35. The third-order valence-corrected chi connectivity index (χ3v) is 2.22. The molecule has 0 radical (unpaired) electrons. The summed E-state index contributed by atoms with van der Waals surface area (Å²) >= 11 is 0. The second-order valence-corrected chi connectivity index (χ2v) is 3.68. The van der Waals surface area contributed by atoms with Crippen molar-refractivity contribution in [1.82, 2.24) is 9.97 Å². The van der Waals surface area contributed by atoms with Crippen LogP contribution in [-0.2, 0) is 0 Å². The van der Waals surface area contributed by atoms with E-state index in [4.69, 9.17) is 9.31 Å². The lowest BCUT2D eigenvalue weighted by Gasteiger charge is -2.06. The predicted molar refractivity (Wildman–Crippen MR) is 66.4 cm³/mol. The fourth-order valence-electron chi connectivity index (χ4n) is 1.24. The molecule has 0 aliphatic carbocycles. The topological polar surface area (TPSA) is 44.2 Å². The Labute approximate surface area is 101 Å². The Kier molecular flexibility index (Phi) is 3.60. The Balaban J connectivity index is 1.83. The minimum Gasteiger partial charge on any atom is -0.527 e. The molecule has 5 heteroatoms. The van der Waals surface area contributed by atoms with Gasteiger partial charge in [-0.25, -0.2) is 0 Å². The first kappa shape index (κ1) is 11.5. The summed E-state index contributed by atoms with van der Waals surface area (Å²) in [5, 5.41) is 0. The molecule has 86 valence electrons. The van der Waals surface area contributed by atoms with Crippen LogP contribution in [0.4, 0.5) is 0 Å². The van der Waals surface area contributed by atoms with Crippen molar-refractivity contribution in [2.45, 2.75) is 13.8 Å². The lowest BCUT2D eigenvalue weighted by molar-refractivity contribution is 0.456. The van der Waals surface area contributed by atoms with Gasteiger partial charge >= 0.3 is 7.69 Å². The SMILES string of the molecule is Cc1ccc(OBOc2ccc(C)nc2)cn1. The highest BCUT2D eigenvalue weighted by Crippen LogP contribution is 2.10. The number of aryl methyl sites for hydroxylation is 2. The molecule has 0 atom stereocenters. The number of aromatic nitrogens is 2. The van der Waals surface area contributed by atoms with Gasteiger partial charge in [0, 0.05) is 11.4 Å². The zero-order valence-corrected chi connectivity index (χ0v) is 9.88. The normalized spacial score (nSPS) is 9.76. The number of rotatable bonds is 4. The Hall–Kier alpha value is -2.04. The summed E-state index contributed by atoms with van der Waals surface area (Å²) in [6.45, 7) is 3.86. The first-order chi connectivity index (χ1) is 8.24. The summed E-state index contributed by atoms with van der Waals surface area (Å²) in [7, 11) is 0.148. The molecule has 0 aromatic carbocycles. The van der Waals surface area contributed by atoms with Crippen molar-refractivity contribution in [3.05, 3.63) is 48.0 Å². The van der Waals surface area contributed by atoms with Crippen molar-refractivity contribution in [2.24, 2.45) is 0 Å². The monoisotopic (exact) mass is 228 g/mol. The molecule has 0 aliphatic rings. The fourth-order valence-corrected chi connectivity index (χ4v) is 1.24. The van der Waals surface area contributed by atoms with Crippen LogP contribution in [-0.4, -0.2) is 17.7 Å². The summed E-state index contributed by atoms with van der Waals surface area (Å²) in [4.78, 5) is 8.25. The van der Waals surface area contributed by atoms with Crippen LogP contribution in [0.5, 0.6) is 11.5 Å². The standard InChI is InChI=1S/C12H13BN2O2/c1-9-3-5-11(7-14-9)16-13-17-12-6-4-10(2)15-8-12/h3-8,13H,1-2H3. The molecule has 2 aromatic rings. The maximum Gasteiger partial charge on any atom is 0.576 e. The van der Waals surface area contributed by atoms with E-state index in [1.165, 1.54) is 0 Å². The molecular weight excluding hydrogens is 215 g/mol. The number of pyridine rings is 2. The predicted octanol–water partition coefficient (Wildman–Crippen LogP) is 1.82. The van der Waals surface area contributed by atoms with E-state index < -0.39 is 0 Å². The van der Waals surface area contributed by atoms with Gasteiger partial charge in [-0.05, 0) is 38.1 Å². The highest BCUT2D eigenvalue weighted by molar-refractivity contribution is 6.20. The Morgan fingerprint density at radius 1 is 0.824 bits per heavy atom. The van der Waals surface area contributed by atoms with Crippen LogP contribution in [0.2, 0.25) is 0 Å². The van der Waals surface area contributed by atoms with Crippen LogP contribution in [0.3, 0.4) is 0 Å². The van der Waals surface area contributed by atoms with Crippen LogP contribution in [0.25, 0.3) is 0 Å². The Morgan fingerprint density at radius 3 is 1.65 bits per heavy atom. The molecule has 0 unspecified atom stereocenters. The zero-order valence-electron chi connectivity index (χ0n) is 9.88. The number of nitrogens with zero attached hydrogens (tertiary/aromatic N) is 2. The van der Waals surface area contributed by atoms with Gasteiger partial charge in [-0.1, -0.05) is 0 Å². The minimum absolute atomic E-state index is 0.148. The number of hydrogen-bond donors (Lipinski definition) is 0. The Morgan fingerprint density at radius 2 is 1.29 bits per heavy atom. The van der Waals surface area contributed by atoms with Crippen LogP contribution < -0.4 is 9.31 Å². The van der Waals surface area contributed by atoms with E-state index in [1.54, 1.807) is 12.4 Å². The van der Waals surface area contributed by atoms with Gasteiger partial charge in [-0.15, -0.1) is 0 Å². The van der Waals surface area contributed by atoms with Gasteiger partial charge in [0.15, 0.2) is 0 Å². The molecule has 2 heterocycles. The molecule has 0 bridgehead atoms. The van der Waals surface area contributed by atoms with Crippen molar-refractivity contribution in [3.63, 3.8) is 0 Å². The summed E-state index contributed by atoms with van der Waals surface area (Å²) in [5.41, 5.74) is 1.92. The van der Waals surface area contributed by atoms with Crippen LogP contribution in [0.1, 0.15) is 11.4 Å². The molecular formula is C12H13BN2O2. The van der Waals surface area contributed by atoms with Crippen LogP contribution in [0, 0.1) is 13.8 Å². The van der Waals surface area contributed by atoms with E-state index in [0.717, 1.165) is 11.4 Å². The second kappa shape index (κ2) is 5.34. The lowest BCUT2D eigenvalue weighted by Crippen LogP contribution is -2.11. The van der Waals surface area contributed by atoms with Crippen molar-refractivity contribution in [2.75, 3.05) is 0 Å². The summed E-state index contributed by atoms with van der Waals surface area (Å²) in [6, 6.07) is 7.50. The Bertz CT molecular complexity index is 425. The van der Waals surface area contributed by atoms with E-state index in [2.05, 4.69) is 9.97 Å². The maximum atomic E-state index is 5.38. The third-order valence-electron chi connectivity index (χ3n) is 2.22. The lowest BCUT2D eigenvalue weighted by atomic mass is 10.3. The van der Waals surface area contributed by atoms with Crippen LogP contribution in [0.15, 0.2) is 36.7 Å². The molecule has 4 nitrogen and oxygen atoms in total. The van der Waals surface area contributed by atoms with E-state index in [1.807, 2.05) is 38.1 Å². The highest BCUT2D eigenvalue weighted by atomic mass is 16.6. The molecule has 0 spiro atoms. The summed E-state index contributed by atoms with van der Waals surface area (Å²) in [5.74, 6) is 1.38. The van der Waals surface area contributed by atoms with E-state index in [0.29, 0.717) is 11.5 Å². The van der Waals surface area contributed by atoms with Gasteiger partial charge < -0.3 is 9.31 Å². The molecule has 0 aliphatic heterocycles. The largest absolute Gasteiger partial charge is 0.576 e. The zero-order chi connectivity index (χ0) is 12.1. The molecule has 0 saturated carbocycles. The van der Waals surface area contributed by atoms with E-state index in [-0.39, 0.29) is 7.69 Å². The molecule has 0 fully saturated rings. The van der Waals surface area contributed by atoms with Crippen LogP contribution >= 0.6 is 0 Å². The maximum absolute atomic E-state index is 5.38. The average Bonchev–Trinajstić information content (AvgIpc) is 2.34. The average molecular weight is 228 g/mol. The second-order valence-electron chi connectivity index (χ2n) is 3.68. The van der Waals surface area contributed by atoms with Gasteiger partial charge in [0.2, 0.25) is 0 Å². The van der Waals surface area contributed by atoms with Gasteiger partial charge in [0.1, 0.15) is 11.5 Å². The molecule has 0 saturated heterocycles. The van der Waals surface area contributed by atoms with Crippen molar-refractivity contribution >= 4 is 7.69 Å². The first-order valence-corrected chi connectivity index (χ1v) is 5.35. The minimum atomic E-state index is 0.148. The van der Waals surface area contributed by atoms with Gasteiger partial charge in [-0.3, -0.25) is 9.97 Å². The third kappa shape index (κ3) is 3.48. The first-order valence-electron chi connectivity index (χ1n) is 5.35. The van der Waals surface area contributed by atoms with Crippen molar-refractivity contribution in [1.29, 1.82) is 0 Å². The van der Waals surface area contributed by atoms with Crippen molar-refractivity contribution in [3.8, 4) is 11.5 Å². The van der Waals surface area contributed by atoms with Gasteiger partial charge in [-0.2, -0.15) is 0 Å². The molecule has 0 N–H and O–H groups in total. The molecule has 2 rings (SSSR count).